The van der Waals surface area contributed by atoms with Gasteiger partial charge in [0, 0.05) is 11.4 Å². The maximum absolute atomic E-state index is 12.8. The monoisotopic (exact) mass is 307 g/mol. The molecule has 3 nitrogen and oxygen atoms in total. The zero-order valence-electron chi connectivity index (χ0n) is 12.0. The molecule has 1 heterocycles. The van der Waals surface area contributed by atoms with Gasteiger partial charge in [0.25, 0.3) is 5.91 Å². The minimum absolute atomic E-state index is 0.132. The number of hydrogen-bond donors (Lipinski definition) is 2. The van der Waals surface area contributed by atoms with Gasteiger partial charge in [0.2, 0.25) is 0 Å². The first-order valence-electron chi connectivity index (χ1n) is 6.74. The van der Waals surface area contributed by atoms with Crippen molar-refractivity contribution in [2.45, 2.75) is 32.4 Å². The summed E-state index contributed by atoms with van der Waals surface area (Å²) < 4.78 is 12.8. The number of hydrogen-bond acceptors (Lipinski definition) is 3. The zero-order valence-corrected chi connectivity index (χ0v) is 12.8. The molecule has 2 rings (SSSR count). The smallest absolute Gasteiger partial charge is 0.252 e. The Morgan fingerprint density at radius 3 is 2.57 bits per heavy atom. The normalized spacial score (nSPS) is 13.7. The van der Waals surface area contributed by atoms with Gasteiger partial charge < -0.3 is 10.4 Å². The van der Waals surface area contributed by atoms with E-state index in [0.717, 1.165) is 5.56 Å². The Balaban J connectivity index is 1.92. The van der Waals surface area contributed by atoms with Crippen LogP contribution in [-0.4, -0.2) is 17.1 Å². The van der Waals surface area contributed by atoms with Crippen molar-refractivity contribution in [2.24, 2.45) is 0 Å². The number of carbonyl (C=O) groups excluding carboxylic acids is 1. The van der Waals surface area contributed by atoms with Crippen molar-refractivity contribution in [1.82, 2.24) is 5.32 Å². The van der Waals surface area contributed by atoms with E-state index in [2.05, 4.69) is 5.32 Å². The number of nitrogens with one attached hydrogen (secondary N) is 1. The fraction of sp³-hybridized carbons (Fsp3) is 0.312. The number of carbonyl (C=O) groups is 1. The number of thiophene rings is 1. The molecule has 0 saturated carbocycles. The van der Waals surface area contributed by atoms with E-state index in [1.54, 1.807) is 12.1 Å². The number of amides is 1. The fourth-order valence-electron chi connectivity index (χ4n) is 2.11. The Bertz CT molecular complexity index is 609. The Morgan fingerprint density at radius 1 is 1.33 bits per heavy atom. The lowest BCUT2D eigenvalue weighted by atomic mass is 10.0. The largest absolute Gasteiger partial charge is 0.388 e. The molecule has 112 valence electrons. The minimum atomic E-state index is -0.732. The van der Waals surface area contributed by atoms with Gasteiger partial charge in [0.1, 0.15) is 5.82 Å². The van der Waals surface area contributed by atoms with Crippen LogP contribution in [0, 0.1) is 12.7 Å². The summed E-state index contributed by atoms with van der Waals surface area (Å²) in [6, 6.07) is 5.55. The highest BCUT2D eigenvalue weighted by Gasteiger charge is 2.16. The summed E-state index contributed by atoms with van der Waals surface area (Å²) in [5, 5.41) is 16.7. The summed E-state index contributed by atoms with van der Waals surface area (Å²) in [6.45, 7) is 3.73. The average molecular weight is 307 g/mol. The number of rotatable bonds is 5. The van der Waals surface area contributed by atoms with Gasteiger partial charge in [0.05, 0.1) is 11.7 Å². The molecule has 0 bridgehead atoms. The van der Waals surface area contributed by atoms with Crippen molar-refractivity contribution in [3.8, 4) is 0 Å². The maximum Gasteiger partial charge on any atom is 0.252 e. The standard InChI is InChI=1S/C16H18FNO2S/c1-10-8-21-9-14(10)16(20)18-11(2)7-15(19)12-3-5-13(17)6-4-12/h3-6,8-9,11,15,19H,7H2,1-2H3,(H,18,20). The number of halogens is 1. The van der Waals surface area contributed by atoms with E-state index >= 15 is 0 Å². The van der Waals surface area contributed by atoms with Crippen LogP contribution < -0.4 is 5.32 Å². The second kappa shape index (κ2) is 6.83. The molecule has 2 unspecified atom stereocenters. The summed E-state index contributed by atoms with van der Waals surface area (Å²) in [5.41, 5.74) is 2.26. The van der Waals surface area contributed by atoms with Gasteiger partial charge in [0.15, 0.2) is 0 Å². The van der Waals surface area contributed by atoms with E-state index in [1.165, 1.54) is 23.5 Å². The Labute approximate surface area is 127 Å². The second-order valence-corrected chi connectivity index (χ2v) is 5.89. The van der Waals surface area contributed by atoms with E-state index in [0.29, 0.717) is 17.5 Å². The molecule has 0 radical (unpaired) electrons. The first-order chi connectivity index (χ1) is 9.97. The van der Waals surface area contributed by atoms with Gasteiger partial charge in [-0.25, -0.2) is 4.39 Å². The first kappa shape index (κ1) is 15.7. The highest BCUT2D eigenvalue weighted by atomic mass is 32.1. The molecule has 2 N–H and O–H groups in total. The topological polar surface area (TPSA) is 49.3 Å². The molecule has 1 aromatic carbocycles. The fourth-order valence-corrected chi connectivity index (χ4v) is 2.94. The molecule has 0 spiro atoms. The second-order valence-electron chi connectivity index (χ2n) is 5.15. The molecule has 21 heavy (non-hydrogen) atoms. The molecule has 1 aromatic heterocycles. The van der Waals surface area contributed by atoms with Gasteiger partial charge in [-0.05, 0) is 48.9 Å². The van der Waals surface area contributed by atoms with Crippen LogP contribution >= 0.6 is 11.3 Å². The Morgan fingerprint density at radius 2 is 2.00 bits per heavy atom. The summed E-state index contributed by atoms with van der Waals surface area (Å²) in [7, 11) is 0. The predicted molar refractivity (Wildman–Crippen MR) is 82.0 cm³/mol. The van der Waals surface area contributed by atoms with Crippen LogP contribution in [0.3, 0.4) is 0 Å². The minimum Gasteiger partial charge on any atom is -0.388 e. The molecule has 0 aliphatic heterocycles. The molecule has 2 atom stereocenters. The highest BCUT2D eigenvalue weighted by molar-refractivity contribution is 7.08. The van der Waals surface area contributed by atoms with Crippen molar-refractivity contribution in [3.63, 3.8) is 0 Å². The van der Waals surface area contributed by atoms with E-state index in [-0.39, 0.29) is 17.8 Å². The van der Waals surface area contributed by atoms with Gasteiger partial charge in [-0.3, -0.25) is 4.79 Å². The molecule has 0 aliphatic carbocycles. The molecule has 1 amide bonds. The van der Waals surface area contributed by atoms with E-state index in [9.17, 15) is 14.3 Å². The van der Waals surface area contributed by atoms with E-state index in [1.807, 2.05) is 24.6 Å². The van der Waals surface area contributed by atoms with Crippen molar-refractivity contribution in [3.05, 3.63) is 57.5 Å². The zero-order chi connectivity index (χ0) is 15.4. The molecule has 0 fully saturated rings. The number of aliphatic hydroxyl groups excluding tert-OH is 1. The summed E-state index contributed by atoms with van der Waals surface area (Å²) in [6.07, 6.45) is -0.356. The average Bonchev–Trinajstić information content (AvgIpc) is 2.85. The molecular formula is C16H18FNO2S. The lowest BCUT2D eigenvalue weighted by Gasteiger charge is -2.18. The molecular weight excluding hydrogens is 289 g/mol. The van der Waals surface area contributed by atoms with Gasteiger partial charge in [-0.15, -0.1) is 0 Å². The SMILES string of the molecule is Cc1cscc1C(=O)NC(C)CC(O)c1ccc(F)cc1. The van der Waals surface area contributed by atoms with Gasteiger partial charge >= 0.3 is 0 Å². The summed E-state index contributed by atoms with van der Waals surface area (Å²) in [5.74, 6) is -0.465. The molecule has 0 saturated heterocycles. The van der Waals surface area contributed by atoms with Crippen LogP contribution in [0.15, 0.2) is 35.0 Å². The van der Waals surface area contributed by atoms with Crippen molar-refractivity contribution < 1.29 is 14.3 Å². The summed E-state index contributed by atoms with van der Waals surface area (Å²) >= 11 is 1.49. The Hall–Kier alpha value is -1.72. The van der Waals surface area contributed by atoms with Crippen LogP contribution in [-0.2, 0) is 0 Å². The molecule has 0 aliphatic rings. The Kier molecular flexibility index (Phi) is 5.09. The third-order valence-corrected chi connectivity index (χ3v) is 4.17. The lowest BCUT2D eigenvalue weighted by molar-refractivity contribution is 0.0917. The van der Waals surface area contributed by atoms with Gasteiger partial charge in [-0.1, -0.05) is 12.1 Å². The van der Waals surface area contributed by atoms with E-state index in [4.69, 9.17) is 0 Å². The quantitative estimate of drug-likeness (QED) is 0.889. The molecule has 2 aromatic rings. The predicted octanol–water partition coefficient (Wildman–Crippen LogP) is 3.44. The first-order valence-corrected chi connectivity index (χ1v) is 7.69. The maximum atomic E-state index is 12.8. The van der Waals surface area contributed by atoms with Crippen LogP contribution in [0.1, 0.15) is 40.9 Å². The third-order valence-electron chi connectivity index (χ3n) is 3.31. The number of aliphatic hydroxyl groups is 1. The van der Waals surface area contributed by atoms with Crippen LogP contribution in [0.5, 0.6) is 0 Å². The van der Waals surface area contributed by atoms with Crippen molar-refractivity contribution in [1.29, 1.82) is 0 Å². The van der Waals surface area contributed by atoms with Crippen LogP contribution in [0.25, 0.3) is 0 Å². The summed E-state index contributed by atoms with van der Waals surface area (Å²) in [4.78, 5) is 12.1. The van der Waals surface area contributed by atoms with Crippen molar-refractivity contribution in [2.75, 3.05) is 0 Å². The van der Waals surface area contributed by atoms with Crippen LogP contribution in [0.2, 0.25) is 0 Å². The van der Waals surface area contributed by atoms with Crippen molar-refractivity contribution >= 4 is 17.2 Å². The molecule has 5 heteroatoms. The number of benzene rings is 1. The van der Waals surface area contributed by atoms with Gasteiger partial charge in [-0.2, -0.15) is 11.3 Å². The van der Waals surface area contributed by atoms with E-state index < -0.39 is 6.10 Å². The number of aryl methyl sites for hydroxylation is 1. The lowest BCUT2D eigenvalue weighted by Crippen LogP contribution is -2.33. The van der Waals surface area contributed by atoms with Crippen LogP contribution in [0.4, 0.5) is 4.39 Å². The third kappa shape index (κ3) is 4.12. The highest BCUT2D eigenvalue weighted by Crippen LogP contribution is 2.19.